The highest BCUT2D eigenvalue weighted by Gasteiger charge is 2.34. The molecule has 0 bridgehead atoms. The first-order valence-electron chi connectivity index (χ1n) is 9.93. The van der Waals surface area contributed by atoms with Crippen LogP contribution < -0.4 is 4.72 Å². The van der Waals surface area contributed by atoms with Crippen molar-refractivity contribution < 1.29 is 26.4 Å². The first-order valence-corrected chi connectivity index (χ1v) is 12.2. The SMILES string of the molecule is Cc1ccc(S(=O)(=O)Nc2cc(Cl)cnc2C(=O)c2cc(-n3cccn3)ncc2Cl)cc1C(F)(F)F. The van der Waals surface area contributed by atoms with Gasteiger partial charge in [-0.3, -0.25) is 9.52 Å². The summed E-state index contributed by atoms with van der Waals surface area (Å²) in [5, 5.41) is 3.95. The molecule has 0 radical (unpaired) electrons. The molecular formula is C22H14Cl2F3N5O3S. The summed E-state index contributed by atoms with van der Waals surface area (Å²) in [6.45, 7) is 1.21. The summed E-state index contributed by atoms with van der Waals surface area (Å²) in [6, 6.07) is 6.65. The van der Waals surface area contributed by atoms with Gasteiger partial charge in [0.05, 0.1) is 26.2 Å². The number of alkyl halides is 3. The van der Waals surface area contributed by atoms with Gasteiger partial charge in [-0.05, 0) is 42.8 Å². The number of carbonyl (C=O) groups excluding carboxylic acids is 1. The van der Waals surface area contributed by atoms with E-state index >= 15 is 0 Å². The van der Waals surface area contributed by atoms with E-state index in [-0.39, 0.29) is 38.4 Å². The largest absolute Gasteiger partial charge is 0.416 e. The van der Waals surface area contributed by atoms with Gasteiger partial charge in [-0.1, -0.05) is 29.3 Å². The van der Waals surface area contributed by atoms with Crippen LogP contribution in [-0.4, -0.2) is 33.9 Å². The standard InChI is InChI=1S/C22H14Cl2F3N5O3S/c1-12-3-4-14(8-16(12)22(25,26)27)36(34,35)31-18-7-13(23)10-29-20(18)21(33)15-9-19(28-11-17(15)24)32-6-2-5-30-32/h2-11,31H,1H3. The molecule has 0 amide bonds. The minimum Gasteiger partial charge on any atom is -0.287 e. The topological polar surface area (TPSA) is 107 Å². The van der Waals surface area contributed by atoms with Crippen molar-refractivity contribution in [3.8, 4) is 5.82 Å². The lowest BCUT2D eigenvalue weighted by Gasteiger charge is -2.15. The number of anilines is 1. The molecule has 0 fully saturated rings. The molecule has 8 nitrogen and oxygen atoms in total. The van der Waals surface area contributed by atoms with Crippen LogP contribution in [0.2, 0.25) is 10.0 Å². The Morgan fingerprint density at radius 2 is 1.83 bits per heavy atom. The molecular weight excluding hydrogens is 542 g/mol. The lowest BCUT2D eigenvalue weighted by Crippen LogP contribution is -2.18. The molecule has 0 atom stereocenters. The van der Waals surface area contributed by atoms with Crippen molar-refractivity contribution in [2.24, 2.45) is 0 Å². The number of aryl methyl sites for hydroxylation is 1. The Hall–Kier alpha value is -3.48. The number of ketones is 1. The van der Waals surface area contributed by atoms with E-state index in [0.29, 0.717) is 6.07 Å². The van der Waals surface area contributed by atoms with Crippen LogP contribution in [0, 0.1) is 6.92 Å². The van der Waals surface area contributed by atoms with Gasteiger partial charge in [0.15, 0.2) is 5.82 Å². The molecule has 1 N–H and O–H groups in total. The number of carbonyl (C=O) groups is 1. The Labute approximate surface area is 212 Å². The van der Waals surface area contributed by atoms with Crippen molar-refractivity contribution in [1.29, 1.82) is 0 Å². The second-order valence-corrected chi connectivity index (χ2v) is 9.96. The van der Waals surface area contributed by atoms with E-state index in [1.807, 2.05) is 0 Å². The van der Waals surface area contributed by atoms with Crippen LogP contribution >= 0.6 is 23.2 Å². The Balaban J connectivity index is 1.76. The lowest BCUT2D eigenvalue weighted by molar-refractivity contribution is -0.138. The molecule has 0 aliphatic heterocycles. The number of rotatable bonds is 6. The van der Waals surface area contributed by atoms with Gasteiger partial charge in [0.2, 0.25) is 5.78 Å². The lowest BCUT2D eigenvalue weighted by atomic mass is 10.1. The maximum Gasteiger partial charge on any atom is 0.416 e. The molecule has 1 aromatic carbocycles. The zero-order chi connectivity index (χ0) is 26.3. The molecule has 4 rings (SSSR count). The summed E-state index contributed by atoms with van der Waals surface area (Å²) in [6.07, 6.45) is 0.654. The molecule has 3 heterocycles. The Bertz CT molecular complexity index is 1580. The fraction of sp³-hybridized carbons (Fsp3) is 0.0909. The van der Waals surface area contributed by atoms with Gasteiger partial charge >= 0.3 is 6.18 Å². The first-order chi connectivity index (χ1) is 16.9. The first kappa shape index (κ1) is 25.6. The van der Waals surface area contributed by atoms with Gasteiger partial charge in [0.25, 0.3) is 10.0 Å². The van der Waals surface area contributed by atoms with E-state index in [2.05, 4.69) is 19.8 Å². The highest BCUT2D eigenvalue weighted by Crippen LogP contribution is 2.34. The number of benzene rings is 1. The zero-order valence-corrected chi connectivity index (χ0v) is 20.4. The Kier molecular flexibility index (Phi) is 6.78. The molecule has 4 aromatic rings. The minimum absolute atomic E-state index is 0.0257. The van der Waals surface area contributed by atoms with Gasteiger partial charge in [0.1, 0.15) is 5.69 Å². The summed E-state index contributed by atoms with van der Waals surface area (Å²) in [4.78, 5) is 20.7. The molecule has 0 aliphatic rings. The minimum atomic E-state index is -4.77. The van der Waals surface area contributed by atoms with Crippen molar-refractivity contribution >= 4 is 44.7 Å². The molecule has 0 unspecified atom stereocenters. The van der Waals surface area contributed by atoms with Crippen LogP contribution in [0.3, 0.4) is 0 Å². The number of hydrogen-bond acceptors (Lipinski definition) is 6. The molecule has 0 aliphatic carbocycles. The smallest absolute Gasteiger partial charge is 0.287 e. The van der Waals surface area contributed by atoms with Crippen molar-refractivity contribution in [2.75, 3.05) is 4.72 Å². The molecule has 186 valence electrons. The zero-order valence-electron chi connectivity index (χ0n) is 18.1. The van der Waals surface area contributed by atoms with E-state index < -0.39 is 32.4 Å². The van der Waals surface area contributed by atoms with Crippen LogP contribution in [-0.2, 0) is 16.2 Å². The predicted octanol–water partition coefficient (Wildman–Crippen LogP) is 5.33. The quantitative estimate of drug-likeness (QED) is 0.322. The average Bonchev–Trinajstić information content (AvgIpc) is 3.33. The normalized spacial score (nSPS) is 11.9. The summed E-state index contributed by atoms with van der Waals surface area (Å²) in [5.41, 5.74) is -2.06. The highest BCUT2D eigenvalue weighted by atomic mass is 35.5. The van der Waals surface area contributed by atoms with E-state index in [0.717, 1.165) is 24.4 Å². The number of pyridine rings is 2. The summed E-state index contributed by atoms with van der Waals surface area (Å²) >= 11 is 12.1. The monoisotopic (exact) mass is 555 g/mol. The van der Waals surface area contributed by atoms with Crippen LogP contribution in [0.1, 0.15) is 27.2 Å². The van der Waals surface area contributed by atoms with Gasteiger partial charge in [0, 0.05) is 30.4 Å². The number of halogens is 5. The Morgan fingerprint density at radius 3 is 2.50 bits per heavy atom. The Morgan fingerprint density at radius 1 is 1.08 bits per heavy atom. The molecule has 36 heavy (non-hydrogen) atoms. The number of sulfonamides is 1. The maximum atomic E-state index is 13.3. The molecule has 14 heteroatoms. The highest BCUT2D eigenvalue weighted by molar-refractivity contribution is 7.92. The fourth-order valence-electron chi connectivity index (χ4n) is 3.23. The predicted molar refractivity (Wildman–Crippen MR) is 126 cm³/mol. The third-order valence-electron chi connectivity index (χ3n) is 4.96. The number of nitrogens with one attached hydrogen (secondary N) is 1. The third-order valence-corrected chi connectivity index (χ3v) is 6.83. The number of nitrogens with zero attached hydrogens (tertiary/aromatic N) is 4. The van der Waals surface area contributed by atoms with Gasteiger partial charge in [-0.25, -0.2) is 23.1 Å². The van der Waals surface area contributed by atoms with E-state index in [1.54, 1.807) is 12.3 Å². The van der Waals surface area contributed by atoms with Crippen LogP contribution in [0.4, 0.5) is 18.9 Å². The number of aromatic nitrogens is 4. The van der Waals surface area contributed by atoms with Gasteiger partial charge in [-0.15, -0.1) is 0 Å². The van der Waals surface area contributed by atoms with Crippen LogP contribution in [0.25, 0.3) is 5.82 Å². The van der Waals surface area contributed by atoms with E-state index in [9.17, 15) is 26.4 Å². The summed E-state index contributed by atoms with van der Waals surface area (Å²) in [5.74, 6) is -0.534. The van der Waals surface area contributed by atoms with Crippen LogP contribution in [0.15, 0.2) is 66.1 Å². The molecule has 0 saturated heterocycles. The summed E-state index contributed by atoms with van der Waals surface area (Å²) in [7, 11) is -4.58. The second-order valence-electron chi connectivity index (χ2n) is 7.43. The summed E-state index contributed by atoms with van der Waals surface area (Å²) < 4.78 is 69.4. The van der Waals surface area contributed by atoms with Crippen LogP contribution in [0.5, 0.6) is 0 Å². The van der Waals surface area contributed by atoms with E-state index in [4.69, 9.17) is 23.2 Å². The average molecular weight is 556 g/mol. The fourth-order valence-corrected chi connectivity index (χ4v) is 4.66. The van der Waals surface area contributed by atoms with Crippen molar-refractivity contribution in [3.05, 3.63) is 93.6 Å². The molecule has 0 saturated carbocycles. The van der Waals surface area contributed by atoms with Crippen molar-refractivity contribution in [3.63, 3.8) is 0 Å². The van der Waals surface area contributed by atoms with Gasteiger partial charge in [-0.2, -0.15) is 18.3 Å². The maximum absolute atomic E-state index is 13.3. The van der Waals surface area contributed by atoms with Crippen molar-refractivity contribution in [1.82, 2.24) is 19.7 Å². The third kappa shape index (κ3) is 5.20. The van der Waals surface area contributed by atoms with Gasteiger partial charge < -0.3 is 0 Å². The second kappa shape index (κ2) is 9.52. The van der Waals surface area contributed by atoms with Crippen molar-refractivity contribution in [2.45, 2.75) is 18.0 Å². The van der Waals surface area contributed by atoms with E-state index in [1.165, 1.54) is 30.1 Å². The molecule has 0 spiro atoms. The molecule has 3 aromatic heterocycles. The number of hydrogen-bond donors (Lipinski definition) is 1.